The van der Waals surface area contributed by atoms with Gasteiger partial charge in [-0.05, 0) is 38.8 Å². The van der Waals surface area contributed by atoms with Crippen LogP contribution < -0.4 is 0 Å². The van der Waals surface area contributed by atoms with Gasteiger partial charge in [-0.15, -0.1) is 0 Å². The molecule has 2 heterocycles. The summed E-state index contributed by atoms with van der Waals surface area (Å²) in [5.74, 6) is -1.00. The monoisotopic (exact) mass is 291 g/mol. The number of aliphatic hydroxyl groups excluding tert-OH is 1. The second kappa shape index (κ2) is 5.69. The molecule has 0 spiro atoms. The van der Waals surface area contributed by atoms with Gasteiger partial charge in [-0.2, -0.15) is 0 Å². The summed E-state index contributed by atoms with van der Waals surface area (Å²) in [6, 6.07) is 10.4. The van der Waals surface area contributed by atoms with Crippen molar-refractivity contribution in [3.63, 3.8) is 0 Å². The molecular weight excluding hydrogens is 266 g/mol. The van der Waals surface area contributed by atoms with Gasteiger partial charge in [-0.25, -0.2) is 0 Å². The van der Waals surface area contributed by atoms with E-state index >= 15 is 0 Å². The van der Waals surface area contributed by atoms with Gasteiger partial charge in [-0.3, -0.25) is 4.90 Å². The summed E-state index contributed by atoms with van der Waals surface area (Å²) in [7, 11) is 2.09. The molecule has 3 rings (SSSR count). The van der Waals surface area contributed by atoms with Crippen LogP contribution in [0.3, 0.4) is 0 Å². The van der Waals surface area contributed by atoms with E-state index in [-0.39, 0.29) is 12.1 Å². The molecule has 1 aromatic carbocycles. The highest BCUT2D eigenvalue weighted by molar-refractivity contribution is 5.17. The number of hydrogen-bond acceptors (Lipinski definition) is 4. The van der Waals surface area contributed by atoms with E-state index in [4.69, 9.17) is 4.74 Å². The molecule has 0 unspecified atom stereocenters. The highest BCUT2D eigenvalue weighted by Crippen LogP contribution is 2.39. The SMILES string of the molecule is CN1[C@@H](C[C@H](O)c2ccccc2)CC[C@@H]2O[C@](C)(O)C[C@@H]21. The Morgan fingerprint density at radius 1 is 1.33 bits per heavy atom. The first-order valence-corrected chi connectivity index (χ1v) is 7.81. The van der Waals surface area contributed by atoms with Crippen LogP contribution in [-0.4, -0.2) is 46.1 Å². The summed E-state index contributed by atoms with van der Waals surface area (Å²) in [4.78, 5) is 2.29. The molecule has 2 aliphatic rings. The number of piperidine rings is 1. The first-order valence-electron chi connectivity index (χ1n) is 7.81. The van der Waals surface area contributed by atoms with E-state index in [2.05, 4.69) is 11.9 Å². The zero-order valence-corrected chi connectivity index (χ0v) is 12.8. The van der Waals surface area contributed by atoms with Gasteiger partial charge in [0.1, 0.15) is 0 Å². The van der Waals surface area contributed by atoms with Gasteiger partial charge in [0.15, 0.2) is 5.79 Å². The topological polar surface area (TPSA) is 52.9 Å². The average Bonchev–Trinajstić information content (AvgIpc) is 2.78. The van der Waals surface area contributed by atoms with Crippen molar-refractivity contribution in [1.82, 2.24) is 4.90 Å². The molecule has 2 aliphatic heterocycles. The summed E-state index contributed by atoms with van der Waals surface area (Å²) in [6.45, 7) is 1.74. The number of rotatable bonds is 3. The van der Waals surface area contributed by atoms with Crippen LogP contribution in [0.25, 0.3) is 0 Å². The normalized spacial score (nSPS) is 38.2. The molecule has 4 nitrogen and oxygen atoms in total. The molecule has 0 aliphatic carbocycles. The highest BCUT2D eigenvalue weighted by atomic mass is 16.6. The van der Waals surface area contributed by atoms with Gasteiger partial charge in [0.25, 0.3) is 0 Å². The van der Waals surface area contributed by atoms with Crippen molar-refractivity contribution in [2.75, 3.05) is 7.05 Å². The first-order chi connectivity index (χ1) is 9.96. The van der Waals surface area contributed by atoms with Crippen molar-refractivity contribution in [3.8, 4) is 0 Å². The number of ether oxygens (including phenoxy) is 1. The molecule has 0 saturated carbocycles. The van der Waals surface area contributed by atoms with Crippen molar-refractivity contribution in [2.45, 2.75) is 62.7 Å². The zero-order chi connectivity index (χ0) is 15.0. The van der Waals surface area contributed by atoms with Crippen LogP contribution in [0.5, 0.6) is 0 Å². The zero-order valence-electron chi connectivity index (χ0n) is 12.8. The van der Waals surface area contributed by atoms with Gasteiger partial charge in [0, 0.05) is 18.5 Å². The average molecular weight is 291 g/mol. The molecular formula is C17H25NO3. The molecule has 2 saturated heterocycles. The third-order valence-corrected chi connectivity index (χ3v) is 4.99. The van der Waals surface area contributed by atoms with E-state index in [0.717, 1.165) is 24.8 Å². The van der Waals surface area contributed by atoms with Gasteiger partial charge >= 0.3 is 0 Å². The van der Waals surface area contributed by atoms with E-state index in [1.165, 1.54) is 0 Å². The fraction of sp³-hybridized carbons (Fsp3) is 0.647. The number of hydrogen-bond donors (Lipinski definition) is 2. The third kappa shape index (κ3) is 3.14. The standard InChI is InChI=1S/C17H25NO3/c1-17(20)11-14-16(21-17)9-8-13(18(14)2)10-15(19)12-6-4-3-5-7-12/h3-7,13-16,19-20H,8-11H2,1-2H3/t13-,14+,15+,16+,17+/m1/s1. The molecule has 116 valence electrons. The summed E-state index contributed by atoms with van der Waals surface area (Å²) >= 11 is 0. The van der Waals surface area contributed by atoms with E-state index in [1.807, 2.05) is 30.3 Å². The van der Waals surface area contributed by atoms with Crippen molar-refractivity contribution >= 4 is 0 Å². The van der Waals surface area contributed by atoms with Gasteiger partial charge in [0.05, 0.1) is 12.2 Å². The largest absolute Gasteiger partial charge is 0.388 e. The molecule has 4 heteroatoms. The minimum absolute atomic E-state index is 0.120. The maximum absolute atomic E-state index is 10.4. The molecule has 0 amide bonds. The van der Waals surface area contributed by atoms with Crippen molar-refractivity contribution in [2.24, 2.45) is 0 Å². The van der Waals surface area contributed by atoms with E-state index < -0.39 is 11.9 Å². The predicted molar refractivity (Wildman–Crippen MR) is 80.7 cm³/mol. The van der Waals surface area contributed by atoms with E-state index in [9.17, 15) is 10.2 Å². The van der Waals surface area contributed by atoms with Crippen molar-refractivity contribution < 1.29 is 14.9 Å². The van der Waals surface area contributed by atoms with E-state index in [1.54, 1.807) is 6.92 Å². The van der Waals surface area contributed by atoms with Gasteiger partial charge in [0.2, 0.25) is 0 Å². The molecule has 0 aromatic heterocycles. The molecule has 5 atom stereocenters. The smallest absolute Gasteiger partial charge is 0.164 e. The van der Waals surface area contributed by atoms with Crippen LogP contribution in [0.15, 0.2) is 30.3 Å². The molecule has 21 heavy (non-hydrogen) atoms. The Labute approximate surface area is 126 Å². The van der Waals surface area contributed by atoms with Crippen molar-refractivity contribution in [3.05, 3.63) is 35.9 Å². The molecule has 0 bridgehead atoms. The number of benzene rings is 1. The second-order valence-corrected chi connectivity index (χ2v) is 6.66. The maximum atomic E-state index is 10.4. The fourth-order valence-electron chi connectivity index (χ4n) is 3.81. The van der Waals surface area contributed by atoms with Crippen LogP contribution in [0.4, 0.5) is 0 Å². The van der Waals surface area contributed by atoms with Crippen LogP contribution in [0, 0.1) is 0 Å². The molecule has 2 fully saturated rings. The Bertz CT molecular complexity index is 476. The van der Waals surface area contributed by atoms with Gasteiger partial charge in [-0.1, -0.05) is 30.3 Å². The molecule has 1 aromatic rings. The summed E-state index contributed by atoms with van der Waals surface area (Å²) in [6.07, 6.45) is 3.01. The van der Waals surface area contributed by atoms with E-state index in [0.29, 0.717) is 12.5 Å². The van der Waals surface area contributed by atoms with Crippen LogP contribution in [0.1, 0.15) is 44.3 Å². The van der Waals surface area contributed by atoms with Crippen LogP contribution in [-0.2, 0) is 4.74 Å². The third-order valence-electron chi connectivity index (χ3n) is 4.99. The minimum Gasteiger partial charge on any atom is -0.388 e. The number of likely N-dealkylation sites (tertiary alicyclic amines) is 1. The summed E-state index contributed by atoms with van der Waals surface area (Å²) in [5.41, 5.74) is 0.975. The Morgan fingerprint density at radius 2 is 2.05 bits per heavy atom. The first kappa shape index (κ1) is 15.0. The lowest BCUT2D eigenvalue weighted by Crippen LogP contribution is -2.49. The Morgan fingerprint density at radius 3 is 2.76 bits per heavy atom. The highest BCUT2D eigenvalue weighted by Gasteiger charge is 2.47. The lowest BCUT2D eigenvalue weighted by molar-refractivity contribution is -0.182. The van der Waals surface area contributed by atoms with Gasteiger partial charge < -0.3 is 14.9 Å². The van der Waals surface area contributed by atoms with Crippen LogP contribution in [0.2, 0.25) is 0 Å². The quantitative estimate of drug-likeness (QED) is 0.895. The Hall–Kier alpha value is -0.940. The number of nitrogens with zero attached hydrogens (tertiary/aromatic N) is 1. The lowest BCUT2D eigenvalue weighted by Gasteiger charge is -2.41. The number of aliphatic hydroxyl groups is 2. The predicted octanol–water partition coefficient (Wildman–Crippen LogP) is 2.07. The number of fused-ring (bicyclic) bond motifs is 1. The number of likely N-dealkylation sites (N-methyl/N-ethyl adjacent to an activating group) is 1. The molecule has 0 radical (unpaired) electrons. The summed E-state index contributed by atoms with van der Waals surface area (Å²) < 4.78 is 5.71. The fourth-order valence-corrected chi connectivity index (χ4v) is 3.81. The molecule has 2 N–H and O–H groups in total. The minimum atomic E-state index is -1.00. The maximum Gasteiger partial charge on any atom is 0.164 e. The lowest BCUT2D eigenvalue weighted by atomic mass is 9.88. The Kier molecular flexibility index (Phi) is 4.06. The Balaban J connectivity index is 1.65. The van der Waals surface area contributed by atoms with Crippen LogP contribution >= 0.6 is 0 Å². The second-order valence-electron chi connectivity index (χ2n) is 6.66. The summed E-state index contributed by atoms with van der Waals surface area (Å²) in [5, 5.41) is 20.5. The van der Waals surface area contributed by atoms with Crippen molar-refractivity contribution in [1.29, 1.82) is 0 Å².